The molecule has 0 unspecified atom stereocenters. The van der Waals surface area contributed by atoms with Crippen LogP contribution in [0.5, 0.6) is 0 Å². The largest absolute Gasteiger partial charge is 0.366 e. The van der Waals surface area contributed by atoms with E-state index in [1.54, 1.807) is 13.8 Å². The summed E-state index contributed by atoms with van der Waals surface area (Å²) in [6.45, 7) is 3.24. The van der Waals surface area contributed by atoms with Gasteiger partial charge >= 0.3 is 7.60 Å². The van der Waals surface area contributed by atoms with Gasteiger partial charge in [0.1, 0.15) is 11.6 Å². The molecule has 0 atom stereocenters. The van der Waals surface area contributed by atoms with E-state index in [-0.39, 0.29) is 11.1 Å². The van der Waals surface area contributed by atoms with Crippen molar-refractivity contribution in [1.82, 2.24) is 0 Å². The van der Waals surface area contributed by atoms with Gasteiger partial charge in [-0.25, -0.2) is 8.78 Å². The second-order valence-corrected chi connectivity index (χ2v) is 7.09. The fourth-order valence-corrected chi connectivity index (χ4v) is 3.72. The Bertz CT molecular complexity index is 662. The van der Waals surface area contributed by atoms with E-state index in [1.165, 1.54) is 24.3 Å². The van der Waals surface area contributed by atoms with Crippen molar-refractivity contribution in [3.63, 3.8) is 0 Å². The molecule has 0 saturated carbocycles. The summed E-state index contributed by atoms with van der Waals surface area (Å²) in [5, 5.41) is -2.14. The lowest BCUT2D eigenvalue weighted by Crippen LogP contribution is -2.34. The maximum absolute atomic E-state index is 13.2. The van der Waals surface area contributed by atoms with E-state index in [0.717, 1.165) is 24.3 Å². The minimum atomic E-state index is -4.90. The van der Waals surface area contributed by atoms with E-state index in [0.29, 0.717) is 0 Å². The monoisotopic (exact) mass is 342 g/mol. The molecule has 4 nitrogen and oxygen atoms in total. The number of benzene rings is 2. The van der Waals surface area contributed by atoms with Gasteiger partial charge in [-0.05, 0) is 38.1 Å². The van der Waals surface area contributed by atoms with Crippen molar-refractivity contribution in [3.8, 4) is 0 Å². The summed E-state index contributed by atoms with van der Waals surface area (Å²) in [7, 11) is -4.90. The first-order chi connectivity index (χ1) is 10.7. The van der Waals surface area contributed by atoms with Crippen LogP contribution in [0.3, 0.4) is 0 Å². The molecule has 2 aromatic carbocycles. The molecule has 124 valence electrons. The predicted octanol–water partition coefficient (Wildman–Crippen LogP) is 3.77. The normalized spacial score (nSPS) is 12.7. The molecule has 0 spiro atoms. The Kier molecular flexibility index (Phi) is 5.01. The summed E-state index contributed by atoms with van der Waals surface area (Å²) in [6, 6.07) is 9.36. The molecule has 2 N–H and O–H groups in total. The minimum Gasteiger partial charge on any atom is -0.351 e. The van der Waals surface area contributed by atoms with Crippen molar-refractivity contribution in [2.45, 2.75) is 25.3 Å². The zero-order valence-electron chi connectivity index (χ0n) is 12.6. The summed E-state index contributed by atoms with van der Waals surface area (Å²) in [5.41, 5.74) is 0.181. The highest BCUT2D eigenvalue weighted by Crippen LogP contribution is 2.61. The van der Waals surface area contributed by atoms with E-state index in [4.69, 9.17) is 4.74 Å². The van der Waals surface area contributed by atoms with Gasteiger partial charge in [-0.1, -0.05) is 24.3 Å². The minimum absolute atomic E-state index is 0.0903. The number of rotatable bonds is 5. The van der Waals surface area contributed by atoms with Gasteiger partial charge in [-0.15, -0.1) is 0 Å². The third-order valence-electron chi connectivity index (χ3n) is 3.29. The summed E-state index contributed by atoms with van der Waals surface area (Å²) < 4.78 is 44.4. The molecule has 2 aromatic rings. The van der Waals surface area contributed by atoms with Crippen molar-refractivity contribution >= 4 is 7.60 Å². The van der Waals surface area contributed by atoms with Crippen LogP contribution in [0, 0.1) is 11.6 Å². The number of ether oxygens (including phenoxy) is 1. The lowest BCUT2D eigenvalue weighted by atomic mass is 10.00. The second-order valence-electron chi connectivity index (χ2n) is 5.37. The van der Waals surface area contributed by atoms with Crippen molar-refractivity contribution in [3.05, 3.63) is 71.3 Å². The molecule has 23 heavy (non-hydrogen) atoms. The van der Waals surface area contributed by atoms with Crippen LogP contribution >= 0.6 is 7.60 Å². The van der Waals surface area contributed by atoms with E-state index in [9.17, 15) is 23.1 Å². The molecule has 0 heterocycles. The van der Waals surface area contributed by atoms with Gasteiger partial charge in [0.25, 0.3) is 0 Å². The summed E-state index contributed by atoms with van der Waals surface area (Å²) >= 11 is 0. The number of hydrogen-bond donors (Lipinski definition) is 2. The Hall–Kier alpha value is -1.59. The van der Waals surface area contributed by atoms with Crippen molar-refractivity contribution in [2.24, 2.45) is 0 Å². The van der Waals surface area contributed by atoms with Crippen molar-refractivity contribution in [2.75, 3.05) is 0 Å². The smallest absolute Gasteiger partial charge is 0.351 e. The first-order valence-corrected chi connectivity index (χ1v) is 8.53. The molecule has 0 bridgehead atoms. The van der Waals surface area contributed by atoms with E-state index >= 15 is 0 Å². The molecule has 0 aliphatic heterocycles. The highest BCUT2D eigenvalue weighted by Gasteiger charge is 2.52. The van der Waals surface area contributed by atoms with Crippen LogP contribution < -0.4 is 0 Å². The molecule has 0 fully saturated rings. The fraction of sp³-hybridized carbons (Fsp3) is 0.250. The Morgan fingerprint density at radius 1 is 0.913 bits per heavy atom. The lowest BCUT2D eigenvalue weighted by molar-refractivity contribution is -0.0173. The predicted molar refractivity (Wildman–Crippen MR) is 81.8 cm³/mol. The van der Waals surface area contributed by atoms with E-state index < -0.39 is 30.7 Å². The standard InChI is InChI=1S/C16H17F2O4P/c1-11(2)22-16(23(19,20)21,12-3-7-14(17)8-4-12)13-5-9-15(18)10-6-13/h3-11H,1-2H3,(H2,19,20,21). The van der Waals surface area contributed by atoms with Crippen LogP contribution in [0.15, 0.2) is 48.5 Å². The van der Waals surface area contributed by atoms with Crippen LogP contribution in [0.25, 0.3) is 0 Å². The molecule has 0 radical (unpaired) electrons. The molecular formula is C16H17F2O4P. The molecule has 0 aromatic heterocycles. The highest BCUT2D eigenvalue weighted by atomic mass is 31.2. The maximum atomic E-state index is 13.2. The zero-order chi connectivity index (χ0) is 17.3. The quantitative estimate of drug-likeness (QED) is 0.812. The van der Waals surface area contributed by atoms with Crippen LogP contribution in [-0.4, -0.2) is 15.9 Å². The first kappa shape index (κ1) is 17.8. The molecule has 0 aliphatic rings. The molecular weight excluding hydrogens is 325 g/mol. The Morgan fingerprint density at radius 2 is 1.26 bits per heavy atom. The lowest BCUT2D eigenvalue weighted by Gasteiger charge is -2.36. The molecule has 0 amide bonds. The SMILES string of the molecule is CC(C)OC(c1ccc(F)cc1)(c1ccc(F)cc1)P(=O)(O)O. The van der Waals surface area contributed by atoms with Crippen molar-refractivity contribution in [1.29, 1.82) is 0 Å². The molecule has 2 rings (SSSR count). The highest BCUT2D eigenvalue weighted by molar-refractivity contribution is 7.53. The van der Waals surface area contributed by atoms with Crippen LogP contribution in [-0.2, 0) is 14.6 Å². The van der Waals surface area contributed by atoms with Crippen LogP contribution in [0.2, 0.25) is 0 Å². The maximum Gasteiger partial charge on any atom is 0.366 e. The molecule has 0 aliphatic carbocycles. The van der Waals surface area contributed by atoms with E-state index in [2.05, 4.69) is 0 Å². The van der Waals surface area contributed by atoms with Gasteiger partial charge in [-0.3, -0.25) is 4.57 Å². The van der Waals surface area contributed by atoms with Crippen LogP contribution in [0.1, 0.15) is 25.0 Å². The Labute approximate surface area is 132 Å². The van der Waals surface area contributed by atoms with Gasteiger partial charge in [0.05, 0.1) is 6.10 Å². The van der Waals surface area contributed by atoms with E-state index in [1.807, 2.05) is 0 Å². The fourth-order valence-electron chi connectivity index (χ4n) is 2.40. The second kappa shape index (κ2) is 6.49. The molecule has 0 saturated heterocycles. The van der Waals surface area contributed by atoms with Crippen molar-refractivity contribution < 1.29 is 27.9 Å². The Balaban J connectivity index is 2.76. The molecule has 7 heteroatoms. The summed E-state index contributed by atoms with van der Waals surface area (Å²) in [4.78, 5) is 20.0. The first-order valence-electron chi connectivity index (χ1n) is 6.92. The third-order valence-corrected chi connectivity index (χ3v) is 4.73. The Morgan fingerprint density at radius 3 is 1.52 bits per heavy atom. The van der Waals surface area contributed by atoms with Gasteiger partial charge < -0.3 is 14.5 Å². The average molecular weight is 342 g/mol. The number of halogens is 2. The topological polar surface area (TPSA) is 66.8 Å². The summed E-state index contributed by atoms with van der Waals surface area (Å²) in [6.07, 6.45) is -0.544. The average Bonchev–Trinajstić information content (AvgIpc) is 2.45. The van der Waals surface area contributed by atoms with Gasteiger partial charge in [-0.2, -0.15) is 0 Å². The van der Waals surface area contributed by atoms with Gasteiger partial charge in [0, 0.05) is 11.1 Å². The zero-order valence-corrected chi connectivity index (χ0v) is 13.5. The third kappa shape index (κ3) is 3.51. The number of hydrogen-bond acceptors (Lipinski definition) is 2. The van der Waals surface area contributed by atoms with Gasteiger partial charge in [0.15, 0.2) is 0 Å². The van der Waals surface area contributed by atoms with Gasteiger partial charge in [0.2, 0.25) is 5.34 Å². The van der Waals surface area contributed by atoms with Crippen LogP contribution in [0.4, 0.5) is 8.78 Å². The summed E-state index contributed by atoms with van der Waals surface area (Å²) in [5.74, 6) is -1.09.